The zero-order valence-electron chi connectivity index (χ0n) is 19.4. The standard InChI is InChI=1S/C26H29F3N2O3/c1-3-8-22(32)25(20-10-5-4-6-11-20)13-15-31(16-14-25)23(33)18-30(2)24(34)19-9-7-12-21(17-19)26(27,28)29/h4-7,9-12,17H,3,8,13-16,18H2,1-2H3. The van der Waals surface area contributed by atoms with E-state index in [1.54, 1.807) is 4.90 Å². The minimum atomic E-state index is -4.56. The lowest BCUT2D eigenvalue weighted by Gasteiger charge is -2.41. The molecule has 5 nitrogen and oxygen atoms in total. The summed E-state index contributed by atoms with van der Waals surface area (Å²) < 4.78 is 38.9. The second kappa shape index (κ2) is 10.4. The Morgan fingerprint density at radius 3 is 2.24 bits per heavy atom. The van der Waals surface area contributed by atoms with E-state index < -0.39 is 23.1 Å². The molecule has 0 aromatic heterocycles. The number of likely N-dealkylation sites (N-methyl/N-ethyl adjacent to an activating group) is 1. The second-order valence-corrected chi connectivity index (χ2v) is 8.74. The average Bonchev–Trinajstić information content (AvgIpc) is 2.83. The number of benzene rings is 2. The van der Waals surface area contributed by atoms with Crippen molar-refractivity contribution in [3.8, 4) is 0 Å². The summed E-state index contributed by atoms with van der Waals surface area (Å²) in [5.41, 5.74) is -0.717. The fourth-order valence-electron chi connectivity index (χ4n) is 4.51. The van der Waals surface area contributed by atoms with Gasteiger partial charge in [-0.1, -0.05) is 43.3 Å². The molecule has 0 unspecified atom stereocenters. The predicted molar refractivity (Wildman–Crippen MR) is 122 cm³/mol. The van der Waals surface area contributed by atoms with Crippen molar-refractivity contribution < 1.29 is 27.6 Å². The summed E-state index contributed by atoms with van der Waals surface area (Å²) in [6, 6.07) is 13.8. The summed E-state index contributed by atoms with van der Waals surface area (Å²) in [6.45, 7) is 2.45. The first-order chi connectivity index (χ1) is 16.1. The number of carbonyl (C=O) groups is 3. The van der Waals surface area contributed by atoms with Gasteiger partial charge in [0.15, 0.2) is 0 Å². The van der Waals surface area contributed by atoms with E-state index in [1.165, 1.54) is 19.2 Å². The van der Waals surface area contributed by atoms with Crippen LogP contribution in [0.4, 0.5) is 13.2 Å². The average molecular weight is 475 g/mol. The van der Waals surface area contributed by atoms with E-state index in [0.717, 1.165) is 29.0 Å². The van der Waals surface area contributed by atoms with E-state index >= 15 is 0 Å². The Morgan fingerprint density at radius 1 is 1.00 bits per heavy atom. The third-order valence-corrected chi connectivity index (χ3v) is 6.46. The van der Waals surface area contributed by atoms with Gasteiger partial charge in [-0.15, -0.1) is 0 Å². The molecule has 2 amide bonds. The Bertz CT molecular complexity index is 1030. The van der Waals surface area contributed by atoms with Crippen LogP contribution in [-0.2, 0) is 21.2 Å². The summed E-state index contributed by atoms with van der Waals surface area (Å²) in [6.07, 6.45) is -2.35. The molecule has 1 fully saturated rings. The number of hydrogen-bond acceptors (Lipinski definition) is 3. The molecular weight excluding hydrogens is 445 g/mol. The molecule has 1 aliphatic rings. The number of Topliss-reactive ketones (excluding diaryl/α,β-unsaturated/α-hetero) is 1. The number of hydrogen-bond donors (Lipinski definition) is 0. The van der Waals surface area contributed by atoms with Gasteiger partial charge in [-0.05, 0) is 43.0 Å². The van der Waals surface area contributed by atoms with E-state index in [-0.39, 0.29) is 23.8 Å². The fourth-order valence-corrected chi connectivity index (χ4v) is 4.51. The van der Waals surface area contributed by atoms with Gasteiger partial charge in [0.25, 0.3) is 5.91 Å². The lowest BCUT2D eigenvalue weighted by Crippen LogP contribution is -2.51. The SMILES string of the molecule is CCCC(=O)C1(c2ccccc2)CCN(C(=O)CN(C)C(=O)c2cccc(C(F)(F)F)c2)CC1. The Morgan fingerprint density at radius 2 is 1.65 bits per heavy atom. The number of nitrogens with zero attached hydrogens (tertiary/aromatic N) is 2. The highest BCUT2D eigenvalue weighted by atomic mass is 19.4. The van der Waals surface area contributed by atoms with Gasteiger partial charge in [0, 0.05) is 32.1 Å². The Labute approximate surface area is 197 Å². The van der Waals surface area contributed by atoms with Crippen molar-refractivity contribution >= 4 is 17.6 Å². The fraction of sp³-hybridized carbons (Fsp3) is 0.423. The van der Waals surface area contributed by atoms with Crippen LogP contribution in [0.2, 0.25) is 0 Å². The van der Waals surface area contributed by atoms with E-state index in [1.807, 2.05) is 37.3 Å². The monoisotopic (exact) mass is 474 g/mol. The number of piperidine rings is 1. The first kappa shape index (κ1) is 25.5. The summed E-state index contributed by atoms with van der Waals surface area (Å²) in [7, 11) is 1.39. The van der Waals surface area contributed by atoms with Crippen LogP contribution in [0.1, 0.15) is 54.1 Å². The zero-order valence-corrected chi connectivity index (χ0v) is 19.4. The quantitative estimate of drug-likeness (QED) is 0.584. The number of ketones is 1. The third kappa shape index (κ3) is 5.48. The normalized spacial score (nSPS) is 15.6. The van der Waals surface area contributed by atoms with Gasteiger partial charge in [0.1, 0.15) is 5.78 Å². The summed E-state index contributed by atoms with van der Waals surface area (Å²) in [5, 5.41) is 0. The van der Waals surface area contributed by atoms with Crippen LogP contribution in [0, 0.1) is 0 Å². The Kier molecular flexibility index (Phi) is 7.79. The van der Waals surface area contributed by atoms with Crippen LogP contribution >= 0.6 is 0 Å². The molecule has 0 atom stereocenters. The van der Waals surface area contributed by atoms with Crippen LogP contribution in [0.5, 0.6) is 0 Å². The van der Waals surface area contributed by atoms with Crippen molar-refractivity contribution in [2.45, 2.75) is 44.2 Å². The van der Waals surface area contributed by atoms with Crippen molar-refractivity contribution in [3.05, 3.63) is 71.3 Å². The van der Waals surface area contributed by atoms with Gasteiger partial charge < -0.3 is 9.80 Å². The van der Waals surface area contributed by atoms with E-state index in [9.17, 15) is 27.6 Å². The van der Waals surface area contributed by atoms with Crippen LogP contribution < -0.4 is 0 Å². The minimum Gasteiger partial charge on any atom is -0.341 e. The van der Waals surface area contributed by atoms with E-state index in [0.29, 0.717) is 32.4 Å². The molecule has 0 bridgehead atoms. The molecule has 182 valence electrons. The van der Waals surface area contributed by atoms with E-state index in [2.05, 4.69) is 0 Å². The maximum absolute atomic E-state index is 13.1. The summed E-state index contributed by atoms with van der Waals surface area (Å²) >= 11 is 0. The number of alkyl halides is 3. The topological polar surface area (TPSA) is 57.7 Å². The molecule has 3 rings (SSSR count). The zero-order chi connectivity index (χ0) is 24.9. The molecule has 1 heterocycles. The molecule has 0 saturated carbocycles. The van der Waals surface area contributed by atoms with Crippen LogP contribution in [-0.4, -0.2) is 54.1 Å². The lowest BCUT2D eigenvalue weighted by molar-refractivity contribution is -0.137. The maximum atomic E-state index is 13.1. The smallest absolute Gasteiger partial charge is 0.341 e. The number of rotatable bonds is 7. The van der Waals surface area contributed by atoms with Gasteiger partial charge in [-0.25, -0.2) is 0 Å². The van der Waals surface area contributed by atoms with Crippen molar-refractivity contribution in [2.75, 3.05) is 26.7 Å². The number of halogens is 3. The first-order valence-corrected chi connectivity index (χ1v) is 11.4. The molecule has 0 N–H and O–H groups in total. The molecule has 2 aromatic rings. The molecule has 0 spiro atoms. The van der Waals surface area contributed by atoms with Crippen LogP contribution in [0.15, 0.2) is 54.6 Å². The molecule has 0 radical (unpaired) electrons. The highest BCUT2D eigenvalue weighted by Crippen LogP contribution is 2.38. The molecule has 1 saturated heterocycles. The Hall–Kier alpha value is -3.16. The summed E-state index contributed by atoms with van der Waals surface area (Å²) in [4.78, 5) is 41.3. The van der Waals surface area contributed by atoms with Crippen molar-refractivity contribution in [2.24, 2.45) is 0 Å². The maximum Gasteiger partial charge on any atom is 0.416 e. The third-order valence-electron chi connectivity index (χ3n) is 6.46. The van der Waals surface area contributed by atoms with Gasteiger partial charge in [0.2, 0.25) is 5.91 Å². The van der Waals surface area contributed by atoms with Gasteiger partial charge in [-0.2, -0.15) is 13.2 Å². The highest BCUT2D eigenvalue weighted by Gasteiger charge is 2.42. The van der Waals surface area contributed by atoms with Gasteiger partial charge in [0.05, 0.1) is 17.5 Å². The van der Waals surface area contributed by atoms with Crippen LogP contribution in [0.3, 0.4) is 0 Å². The minimum absolute atomic E-state index is 0.128. The van der Waals surface area contributed by atoms with Gasteiger partial charge in [-0.3, -0.25) is 14.4 Å². The largest absolute Gasteiger partial charge is 0.416 e. The van der Waals surface area contributed by atoms with Crippen molar-refractivity contribution in [1.29, 1.82) is 0 Å². The first-order valence-electron chi connectivity index (χ1n) is 11.4. The Balaban J connectivity index is 1.67. The van der Waals surface area contributed by atoms with Crippen molar-refractivity contribution in [3.63, 3.8) is 0 Å². The molecular formula is C26H29F3N2O3. The number of likely N-dealkylation sites (tertiary alicyclic amines) is 1. The lowest BCUT2D eigenvalue weighted by atomic mass is 9.68. The molecule has 8 heteroatoms. The molecule has 34 heavy (non-hydrogen) atoms. The highest BCUT2D eigenvalue weighted by molar-refractivity contribution is 5.96. The number of carbonyl (C=O) groups excluding carboxylic acids is 3. The predicted octanol–water partition coefficient (Wildman–Crippen LogP) is 4.71. The second-order valence-electron chi connectivity index (χ2n) is 8.74. The molecule has 2 aromatic carbocycles. The van der Waals surface area contributed by atoms with Crippen molar-refractivity contribution in [1.82, 2.24) is 9.80 Å². The molecule has 1 aliphatic heterocycles. The summed E-state index contributed by atoms with van der Waals surface area (Å²) in [5.74, 6) is -0.786. The van der Waals surface area contributed by atoms with Crippen LogP contribution in [0.25, 0.3) is 0 Å². The van der Waals surface area contributed by atoms with E-state index in [4.69, 9.17) is 0 Å². The number of amides is 2. The van der Waals surface area contributed by atoms with Gasteiger partial charge >= 0.3 is 6.18 Å². The molecule has 0 aliphatic carbocycles.